The van der Waals surface area contributed by atoms with Crippen LogP contribution in [0.3, 0.4) is 0 Å². The second kappa shape index (κ2) is 9.05. The van der Waals surface area contributed by atoms with E-state index in [9.17, 15) is 0 Å². The zero-order chi connectivity index (χ0) is 12.0. The fourth-order valence-electron chi connectivity index (χ4n) is 1.31. The van der Waals surface area contributed by atoms with Gasteiger partial charge in [0.05, 0.1) is 6.61 Å². The van der Waals surface area contributed by atoms with Crippen molar-refractivity contribution in [3.05, 3.63) is 18.2 Å². The van der Waals surface area contributed by atoms with Crippen molar-refractivity contribution in [1.82, 2.24) is 4.98 Å². The zero-order valence-corrected chi connectivity index (χ0v) is 14.1. The normalized spacial score (nSPS) is 9.29. The first-order chi connectivity index (χ1) is 7.69. The van der Waals surface area contributed by atoms with E-state index in [2.05, 4.69) is 11.9 Å². The number of aromatic nitrogens is 1. The van der Waals surface area contributed by atoms with Gasteiger partial charge in [-0.2, -0.15) is 4.98 Å². The van der Waals surface area contributed by atoms with Crippen molar-refractivity contribution in [1.29, 1.82) is 0 Å². The molecule has 0 bridgehead atoms. The van der Waals surface area contributed by atoms with Gasteiger partial charge in [0, 0.05) is 12.6 Å². The average Bonchev–Trinajstić information content (AvgIpc) is 2.26. The first-order valence-corrected chi connectivity index (χ1v) is 6.09. The van der Waals surface area contributed by atoms with Crippen molar-refractivity contribution in [3.63, 3.8) is 0 Å². The number of hydrogen-bond donors (Lipinski definition) is 0. The van der Waals surface area contributed by atoms with Gasteiger partial charge < -0.3 is 34.5 Å². The molecule has 0 aromatic carbocycles. The molecule has 3 nitrogen and oxygen atoms in total. The summed E-state index contributed by atoms with van der Waals surface area (Å²) in [5, 5.41) is 0. The molecular formula is C11H15N2NaOS2. The van der Waals surface area contributed by atoms with E-state index in [1.165, 1.54) is 0 Å². The number of thiocarbonyl (C=S) groups is 1. The molecule has 88 valence electrons. The Hall–Kier alpha value is 0.0600. The van der Waals surface area contributed by atoms with Crippen molar-refractivity contribution < 1.29 is 34.3 Å². The predicted octanol–water partition coefficient (Wildman–Crippen LogP) is -0.467. The summed E-state index contributed by atoms with van der Waals surface area (Å²) in [6.45, 7) is 5.39. The van der Waals surface area contributed by atoms with Crippen LogP contribution in [0.2, 0.25) is 0 Å². The quantitative estimate of drug-likeness (QED) is 0.412. The molecule has 0 fully saturated rings. The Morgan fingerprint density at radius 2 is 2.18 bits per heavy atom. The summed E-state index contributed by atoms with van der Waals surface area (Å²) in [5.41, 5.74) is 0. The maximum atomic E-state index is 5.34. The molecule has 1 heterocycles. The van der Waals surface area contributed by atoms with E-state index in [-0.39, 0.29) is 29.6 Å². The van der Waals surface area contributed by atoms with E-state index >= 15 is 0 Å². The Morgan fingerprint density at radius 1 is 1.47 bits per heavy atom. The molecule has 0 aliphatic carbocycles. The third-order valence-corrected chi connectivity index (χ3v) is 2.39. The van der Waals surface area contributed by atoms with Gasteiger partial charge in [0.25, 0.3) is 0 Å². The van der Waals surface area contributed by atoms with E-state index in [0.29, 0.717) is 16.8 Å². The van der Waals surface area contributed by atoms with Crippen LogP contribution in [-0.2, 0) is 12.6 Å². The van der Waals surface area contributed by atoms with Crippen molar-refractivity contribution in [2.45, 2.75) is 20.3 Å². The molecule has 1 aromatic heterocycles. The van der Waals surface area contributed by atoms with Crippen LogP contribution < -0.4 is 39.2 Å². The Labute approximate surface area is 136 Å². The van der Waals surface area contributed by atoms with Crippen molar-refractivity contribution in [2.24, 2.45) is 0 Å². The van der Waals surface area contributed by atoms with E-state index < -0.39 is 0 Å². The molecule has 17 heavy (non-hydrogen) atoms. The van der Waals surface area contributed by atoms with Gasteiger partial charge >= 0.3 is 29.6 Å². The summed E-state index contributed by atoms with van der Waals surface area (Å²) in [6, 6.07) is 5.60. The van der Waals surface area contributed by atoms with Crippen LogP contribution in [0.15, 0.2) is 18.2 Å². The van der Waals surface area contributed by atoms with Gasteiger partial charge in [0.2, 0.25) is 5.88 Å². The summed E-state index contributed by atoms with van der Waals surface area (Å²) in [5.74, 6) is 1.36. The van der Waals surface area contributed by atoms with Crippen LogP contribution in [0.4, 0.5) is 5.82 Å². The minimum atomic E-state index is 0. The molecule has 0 spiro atoms. The van der Waals surface area contributed by atoms with Crippen LogP contribution in [0, 0.1) is 0 Å². The summed E-state index contributed by atoms with van der Waals surface area (Å²) in [6.07, 6.45) is 0.970. The Bertz CT molecular complexity index is 363. The minimum Gasteiger partial charge on any atom is -0.478 e. The third kappa shape index (κ3) is 5.48. The number of nitrogens with zero attached hydrogens (tertiary/aromatic N) is 2. The first-order valence-electron chi connectivity index (χ1n) is 5.27. The van der Waals surface area contributed by atoms with Crippen LogP contribution >= 0.6 is 12.2 Å². The van der Waals surface area contributed by atoms with Crippen molar-refractivity contribution in [2.75, 3.05) is 18.1 Å². The molecule has 0 N–H and O–H groups in total. The molecule has 0 aliphatic rings. The number of pyridine rings is 1. The molecule has 1 rings (SSSR count). The number of hydrogen-bond acceptors (Lipinski definition) is 4. The van der Waals surface area contributed by atoms with Gasteiger partial charge in [-0.15, -0.1) is 0 Å². The van der Waals surface area contributed by atoms with Gasteiger partial charge in [-0.1, -0.05) is 17.3 Å². The fraction of sp³-hybridized carbons (Fsp3) is 0.455. The molecule has 6 heteroatoms. The summed E-state index contributed by atoms with van der Waals surface area (Å²) < 4.78 is 5.76. The van der Waals surface area contributed by atoms with Gasteiger partial charge in [-0.05, 0) is 19.4 Å². The van der Waals surface area contributed by atoms with E-state index in [4.69, 9.17) is 29.6 Å². The van der Waals surface area contributed by atoms with Gasteiger partial charge in [0.15, 0.2) is 0 Å². The topological polar surface area (TPSA) is 25.4 Å². The van der Waals surface area contributed by atoms with E-state index in [1.807, 2.05) is 30.0 Å². The largest absolute Gasteiger partial charge is 1.00 e. The second-order valence-electron chi connectivity index (χ2n) is 3.18. The molecule has 0 saturated heterocycles. The maximum absolute atomic E-state index is 5.34. The Kier molecular flexibility index (Phi) is 9.08. The third-order valence-electron chi connectivity index (χ3n) is 1.95. The summed E-state index contributed by atoms with van der Waals surface area (Å²) >= 11 is 10.1. The van der Waals surface area contributed by atoms with Crippen molar-refractivity contribution in [3.8, 4) is 5.88 Å². The molecule has 1 aromatic rings. The van der Waals surface area contributed by atoms with Crippen molar-refractivity contribution >= 4 is 35.0 Å². The number of rotatable bonds is 5. The second-order valence-corrected chi connectivity index (χ2v) is 4.22. The average molecular weight is 278 g/mol. The summed E-state index contributed by atoms with van der Waals surface area (Å²) in [4.78, 5) is 6.19. The minimum absolute atomic E-state index is 0. The van der Waals surface area contributed by atoms with Gasteiger partial charge in [0.1, 0.15) is 5.82 Å². The summed E-state index contributed by atoms with van der Waals surface area (Å²) in [7, 11) is 0. The number of ether oxygens (including phenoxy) is 1. The Balaban J connectivity index is 0.00000256. The first kappa shape index (κ1) is 17.1. The molecule has 0 saturated carbocycles. The van der Waals surface area contributed by atoms with Crippen LogP contribution in [0.25, 0.3) is 0 Å². The monoisotopic (exact) mass is 278 g/mol. The van der Waals surface area contributed by atoms with E-state index in [0.717, 1.165) is 18.8 Å². The molecule has 0 radical (unpaired) electrons. The van der Waals surface area contributed by atoms with Gasteiger partial charge in [-0.3, -0.25) is 0 Å². The smallest absolute Gasteiger partial charge is 0.478 e. The maximum Gasteiger partial charge on any atom is 1.00 e. The standard InChI is InChI=1S/C11H16N2OS2.Na/c1-3-8-13(11(15)16)9-6-5-7-10(12-9)14-4-2;/h5-7H,3-4,8H2,1-2H3,(H,15,16);/q;+1/p-1. The van der Waals surface area contributed by atoms with Gasteiger partial charge in [-0.25, -0.2) is 0 Å². The number of anilines is 1. The zero-order valence-electron chi connectivity index (χ0n) is 10.5. The molecule has 0 atom stereocenters. The van der Waals surface area contributed by atoms with Crippen LogP contribution in [-0.4, -0.2) is 22.5 Å². The Morgan fingerprint density at radius 3 is 2.71 bits per heavy atom. The molecule has 0 amide bonds. The molecule has 0 aliphatic heterocycles. The van der Waals surface area contributed by atoms with Crippen LogP contribution in [0.5, 0.6) is 5.88 Å². The fourth-order valence-corrected chi connectivity index (χ4v) is 1.68. The molecule has 0 unspecified atom stereocenters. The molecular weight excluding hydrogens is 263 g/mol. The van der Waals surface area contributed by atoms with E-state index in [1.54, 1.807) is 0 Å². The predicted molar refractivity (Wildman–Crippen MR) is 73.0 cm³/mol. The SMILES string of the molecule is CCCN(C(=S)[S-])c1cccc(OCC)n1.[Na+]. The van der Waals surface area contributed by atoms with Crippen LogP contribution in [0.1, 0.15) is 20.3 Å².